The molecule has 0 unspecified atom stereocenters. The lowest BCUT2D eigenvalue weighted by Gasteiger charge is -2.07. The largest absolute Gasteiger partial charge is 0.329 e. The van der Waals surface area contributed by atoms with Crippen LogP contribution in [0.2, 0.25) is 0 Å². The van der Waals surface area contributed by atoms with Crippen molar-refractivity contribution in [3.05, 3.63) is 51.9 Å². The van der Waals surface area contributed by atoms with Gasteiger partial charge in [-0.25, -0.2) is 4.98 Å². The highest BCUT2D eigenvalue weighted by molar-refractivity contribution is 7.71. The molecule has 0 amide bonds. The van der Waals surface area contributed by atoms with E-state index in [0.717, 1.165) is 22.5 Å². The van der Waals surface area contributed by atoms with Crippen LogP contribution in [0.1, 0.15) is 16.8 Å². The molecule has 1 N–H and O–H groups in total. The van der Waals surface area contributed by atoms with Crippen molar-refractivity contribution in [3.8, 4) is 5.69 Å². The monoisotopic (exact) mass is 269 g/mol. The van der Waals surface area contributed by atoms with Gasteiger partial charge in [-0.15, -0.1) is 0 Å². The third-order valence-electron chi connectivity index (χ3n) is 3.42. The van der Waals surface area contributed by atoms with Crippen molar-refractivity contribution in [1.29, 1.82) is 0 Å². The summed E-state index contributed by atoms with van der Waals surface area (Å²) in [5.74, 6) is 0. The molecule has 3 rings (SSSR count). The van der Waals surface area contributed by atoms with E-state index in [1.807, 2.05) is 23.6 Å². The first kappa shape index (κ1) is 12.1. The zero-order chi connectivity index (χ0) is 13.6. The van der Waals surface area contributed by atoms with Crippen LogP contribution in [0.5, 0.6) is 0 Å². The Morgan fingerprint density at radius 1 is 1.05 bits per heavy atom. The van der Waals surface area contributed by atoms with E-state index in [1.165, 1.54) is 11.1 Å². The fraction of sp³-hybridized carbons (Fsp3) is 0.200. The van der Waals surface area contributed by atoms with Gasteiger partial charge in [0.2, 0.25) is 0 Å². The third kappa shape index (κ3) is 1.98. The summed E-state index contributed by atoms with van der Waals surface area (Å²) in [5, 5.41) is 0. The first-order valence-corrected chi connectivity index (χ1v) is 6.63. The topological polar surface area (TPSA) is 33.6 Å². The molecule has 0 saturated carbocycles. The number of aromatic amines is 1. The minimum Gasteiger partial charge on any atom is -0.329 e. The number of pyridine rings is 1. The van der Waals surface area contributed by atoms with Gasteiger partial charge in [0.05, 0.1) is 11.2 Å². The summed E-state index contributed by atoms with van der Waals surface area (Å²) in [6, 6.07) is 10.3. The molecule has 3 nitrogen and oxygen atoms in total. The van der Waals surface area contributed by atoms with E-state index in [1.54, 1.807) is 0 Å². The molecule has 96 valence electrons. The van der Waals surface area contributed by atoms with Crippen LogP contribution in [-0.2, 0) is 0 Å². The summed E-state index contributed by atoms with van der Waals surface area (Å²) in [6.45, 7) is 6.20. The van der Waals surface area contributed by atoms with E-state index < -0.39 is 0 Å². The molecule has 0 radical (unpaired) electrons. The molecular weight excluding hydrogens is 254 g/mol. The van der Waals surface area contributed by atoms with Crippen LogP contribution in [0.15, 0.2) is 30.3 Å². The van der Waals surface area contributed by atoms with Crippen molar-refractivity contribution in [2.24, 2.45) is 0 Å². The normalized spacial score (nSPS) is 11.1. The smallest absolute Gasteiger partial charge is 0.183 e. The second kappa shape index (κ2) is 4.31. The number of hydrogen-bond acceptors (Lipinski definition) is 2. The summed E-state index contributed by atoms with van der Waals surface area (Å²) >= 11 is 5.42. The number of hydrogen-bond donors (Lipinski definition) is 1. The third-order valence-corrected chi connectivity index (χ3v) is 3.70. The van der Waals surface area contributed by atoms with Crippen molar-refractivity contribution in [2.45, 2.75) is 20.8 Å². The minimum atomic E-state index is 0.677. The summed E-state index contributed by atoms with van der Waals surface area (Å²) in [7, 11) is 0. The first-order valence-electron chi connectivity index (χ1n) is 6.22. The Balaban J connectivity index is 2.35. The maximum Gasteiger partial charge on any atom is 0.183 e. The van der Waals surface area contributed by atoms with Crippen molar-refractivity contribution >= 4 is 23.4 Å². The molecule has 0 spiro atoms. The molecule has 0 bridgehead atoms. The number of rotatable bonds is 1. The average molecular weight is 269 g/mol. The lowest BCUT2D eigenvalue weighted by molar-refractivity contribution is 1.03. The molecule has 0 saturated heterocycles. The fourth-order valence-corrected chi connectivity index (χ4v) is 2.48. The van der Waals surface area contributed by atoms with Crippen LogP contribution in [0.3, 0.4) is 0 Å². The average Bonchev–Trinajstić information content (AvgIpc) is 2.68. The number of benzene rings is 1. The van der Waals surface area contributed by atoms with E-state index in [-0.39, 0.29) is 0 Å². The standard InChI is InChI=1S/C15H15N3S/c1-9-4-6-12(8-10(9)2)18-14-13(17-15(18)19)7-5-11(3)16-14/h4-8H,1-3H3,(H,17,19). The Bertz CT molecular complexity index is 827. The fourth-order valence-electron chi connectivity index (χ4n) is 2.18. The predicted octanol–water partition coefficient (Wildman–Crippen LogP) is 4.01. The van der Waals surface area contributed by atoms with Crippen LogP contribution in [0, 0.1) is 25.5 Å². The number of imidazole rings is 1. The SMILES string of the molecule is Cc1ccc2[nH]c(=S)n(-c3ccc(C)c(C)c3)c2n1. The first-order chi connectivity index (χ1) is 9.06. The highest BCUT2D eigenvalue weighted by Crippen LogP contribution is 2.20. The van der Waals surface area contributed by atoms with Crippen LogP contribution in [0.4, 0.5) is 0 Å². The quantitative estimate of drug-likeness (QED) is 0.677. The zero-order valence-electron chi connectivity index (χ0n) is 11.2. The van der Waals surface area contributed by atoms with Crippen molar-refractivity contribution in [2.75, 3.05) is 0 Å². The van der Waals surface area contributed by atoms with E-state index >= 15 is 0 Å². The van der Waals surface area contributed by atoms with Crippen LogP contribution >= 0.6 is 12.2 Å². The van der Waals surface area contributed by atoms with Crippen LogP contribution in [-0.4, -0.2) is 14.5 Å². The van der Waals surface area contributed by atoms with Crippen LogP contribution < -0.4 is 0 Å². The zero-order valence-corrected chi connectivity index (χ0v) is 12.0. The van der Waals surface area contributed by atoms with Gasteiger partial charge in [0.25, 0.3) is 0 Å². The van der Waals surface area contributed by atoms with Gasteiger partial charge in [-0.05, 0) is 68.4 Å². The summed E-state index contributed by atoms with van der Waals surface area (Å²) in [6.07, 6.45) is 0. The van der Waals surface area contributed by atoms with Crippen molar-refractivity contribution < 1.29 is 0 Å². The van der Waals surface area contributed by atoms with Crippen molar-refractivity contribution in [1.82, 2.24) is 14.5 Å². The molecule has 2 aromatic heterocycles. The van der Waals surface area contributed by atoms with Gasteiger partial charge in [0, 0.05) is 5.69 Å². The number of nitrogens with one attached hydrogen (secondary N) is 1. The molecule has 2 heterocycles. The van der Waals surface area contributed by atoms with Gasteiger partial charge in [-0.3, -0.25) is 4.57 Å². The second-order valence-electron chi connectivity index (χ2n) is 4.86. The molecule has 1 aromatic carbocycles. The number of nitrogens with zero attached hydrogens (tertiary/aromatic N) is 2. The van der Waals surface area contributed by atoms with E-state index in [2.05, 4.69) is 42.0 Å². The molecule has 3 aromatic rings. The molecular formula is C15H15N3S. The van der Waals surface area contributed by atoms with Gasteiger partial charge in [-0.2, -0.15) is 0 Å². The number of aryl methyl sites for hydroxylation is 3. The van der Waals surface area contributed by atoms with Crippen molar-refractivity contribution in [3.63, 3.8) is 0 Å². The molecule has 0 aliphatic heterocycles. The Hall–Kier alpha value is -1.94. The highest BCUT2D eigenvalue weighted by Gasteiger charge is 2.08. The van der Waals surface area contributed by atoms with Gasteiger partial charge >= 0.3 is 0 Å². The Labute approximate surface area is 116 Å². The molecule has 0 fully saturated rings. The Morgan fingerprint density at radius 2 is 1.84 bits per heavy atom. The summed E-state index contributed by atoms with van der Waals surface area (Å²) < 4.78 is 2.67. The molecule has 0 atom stereocenters. The Morgan fingerprint density at radius 3 is 2.58 bits per heavy atom. The Kier molecular flexibility index (Phi) is 2.75. The van der Waals surface area contributed by atoms with E-state index in [0.29, 0.717) is 4.77 Å². The van der Waals surface area contributed by atoms with Gasteiger partial charge in [0.15, 0.2) is 10.4 Å². The molecule has 0 aliphatic rings. The second-order valence-corrected chi connectivity index (χ2v) is 5.24. The maximum absolute atomic E-state index is 5.42. The molecule has 4 heteroatoms. The van der Waals surface area contributed by atoms with E-state index in [4.69, 9.17) is 12.2 Å². The molecule has 19 heavy (non-hydrogen) atoms. The summed E-state index contributed by atoms with van der Waals surface area (Å²) in [5.41, 5.74) is 6.42. The number of aromatic nitrogens is 3. The lowest BCUT2D eigenvalue weighted by atomic mass is 10.1. The van der Waals surface area contributed by atoms with E-state index in [9.17, 15) is 0 Å². The summed E-state index contributed by atoms with van der Waals surface area (Å²) in [4.78, 5) is 7.79. The minimum absolute atomic E-state index is 0.677. The van der Waals surface area contributed by atoms with Gasteiger partial charge < -0.3 is 4.98 Å². The maximum atomic E-state index is 5.42. The number of H-pyrrole nitrogens is 1. The number of fused-ring (bicyclic) bond motifs is 1. The lowest BCUT2D eigenvalue weighted by Crippen LogP contribution is -1.97. The molecule has 0 aliphatic carbocycles. The van der Waals surface area contributed by atoms with Gasteiger partial charge in [-0.1, -0.05) is 6.07 Å². The van der Waals surface area contributed by atoms with Crippen LogP contribution in [0.25, 0.3) is 16.9 Å². The predicted molar refractivity (Wildman–Crippen MR) is 80.5 cm³/mol. The highest BCUT2D eigenvalue weighted by atomic mass is 32.1. The van der Waals surface area contributed by atoms with Gasteiger partial charge in [0.1, 0.15) is 0 Å².